The molecule has 1 aromatic carbocycles. The maximum Gasteiger partial charge on any atom is 0.255 e. The molecule has 0 bridgehead atoms. The van der Waals surface area contributed by atoms with Crippen LogP contribution in [0.5, 0.6) is 0 Å². The molecule has 1 N–H and O–H groups in total. The second-order valence-corrected chi connectivity index (χ2v) is 6.63. The molecule has 3 aromatic rings. The van der Waals surface area contributed by atoms with E-state index in [-0.39, 0.29) is 17.4 Å². The molecule has 27 heavy (non-hydrogen) atoms. The van der Waals surface area contributed by atoms with Crippen molar-refractivity contribution in [1.82, 2.24) is 14.5 Å². The quantitative estimate of drug-likeness (QED) is 0.770. The van der Waals surface area contributed by atoms with Crippen molar-refractivity contribution >= 4 is 11.6 Å². The summed E-state index contributed by atoms with van der Waals surface area (Å²) in [5, 5.41) is 3.25. The Balaban J connectivity index is 1.58. The molecule has 1 aliphatic heterocycles. The van der Waals surface area contributed by atoms with E-state index in [9.17, 15) is 9.18 Å². The maximum absolute atomic E-state index is 13.9. The highest BCUT2D eigenvalue weighted by Gasteiger charge is 2.26. The summed E-state index contributed by atoms with van der Waals surface area (Å²) in [5.41, 5.74) is 1.86. The van der Waals surface area contributed by atoms with Gasteiger partial charge in [-0.25, -0.2) is 9.37 Å². The SMILES string of the molecule is Cn1c(N2CC[C@@H](Nc3ccccc3F)C2)nc(-c2ccncc2)cc1=O. The second kappa shape index (κ2) is 7.19. The summed E-state index contributed by atoms with van der Waals surface area (Å²) >= 11 is 0. The molecule has 1 fully saturated rings. The van der Waals surface area contributed by atoms with E-state index in [0.29, 0.717) is 23.9 Å². The van der Waals surface area contributed by atoms with E-state index < -0.39 is 0 Å². The zero-order valence-electron chi connectivity index (χ0n) is 15.0. The lowest BCUT2D eigenvalue weighted by atomic mass is 10.2. The number of hydrogen-bond acceptors (Lipinski definition) is 5. The average Bonchev–Trinajstić information content (AvgIpc) is 3.15. The van der Waals surface area contributed by atoms with Crippen molar-refractivity contribution in [2.45, 2.75) is 12.5 Å². The number of aromatic nitrogens is 3. The van der Waals surface area contributed by atoms with Gasteiger partial charge < -0.3 is 10.2 Å². The van der Waals surface area contributed by atoms with Crippen LogP contribution in [0.25, 0.3) is 11.3 Å². The van der Waals surface area contributed by atoms with Gasteiger partial charge in [-0.1, -0.05) is 12.1 Å². The smallest absolute Gasteiger partial charge is 0.255 e. The minimum Gasteiger partial charge on any atom is -0.378 e. The molecule has 6 nitrogen and oxygen atoms in total. The van der Waals surface area contributed by atoms with Crippen molar-refractivity contribution in [2.24, 2.45) is 7.05 Å². The van der Waals surface area contributed by atoms with Gasteiger partial charge in [0.15, 0.2) is 0 Å². The van der Waals surface area contributed by atoms with Crippen LogP contribution in [0.3, 0.4) is 0 Å². The number of rotatable bonds is 4. The van der Waals surface area contributed by atoms with Crippen molar-refractivity contribution < 1.29 is 4.39 Å². The standard InChI is InChI=1S/C20H20FN5O/c1-25-19(27)12-18(14-6-9-22-10-7-14)24-20(25)26-11-8-15(13-26)23-17-5-3-2-4-16(17)21/h2-7,9-10,12,15,23H,8,11,13H2,1H3/t15-/m1/s1. The van der Waals surface area contributed by atoms with E-state index in [1.807, 2.05) is 18.2 Å². The summed E-state index contributed by atoms with van der Waals surface area (Å²) in [6.07, 6.45) is 4.19. The Labute approximate surface area is 156 Å². The number of para-hydroxylation sites is 1. The lowest BCUT2D eigenvalue weighted by Crippen LogP contribution is -2.32. The summed E-state index contributed by atoms with van der Waals surface area (Å²) in [6.45, 7) is 1.39. The average molecular weight is 365 g/mol. The zero-order valence-corrected chi connectivity index (χ0v) is 15.0. The first-order valence-electron chi connectivity index (χ1n) is 8.86. The summed E-state index contributed by atoms with van der Waals surface area (Å²) in [4.78, 5) is 23.2. The number of anilines is 2. The molecule has 0 spiro atoms. The number of nitrogens with one attached hydrogen (secondary N) is 1. The third kappa shape index (κ3) is 3.53. The molecular weight excluding hydrogens is 345 g/mol. The molecule has 2 aromatic heterocycles. The molecule has 0 radical (unpaired) electrons. The van der Waals surface area contributed by atoms with Crippen LogP contribution < -0.4 is 15.8 Å². The maximum atomic E-state index is 13.9. The number of nitrogens with zero attached hydrogens (tertiary/aromatic N) is 4. The van der Waals surface area contributed by atoms with E-state index in [1.165, 1.54) is 12.1 Å². The Hall–Kier alpha value is -3.22. The van der Waals surface area contributed by atoms with Gasteiger partial charge in [-0.05, 0) is 30.7 Å². The first kappa shape index (κ1) is 17.2. The lowest BCUT2D eigenvalue weighted by molar-refractivity contribution is 0.626. The van der Waals surface area contributed by atoms with Crippen LogP contribution >= 0.6 is 0 Å². The highest BCUT2D eigenvalue weighted by atomic mass is 19.1. The monoisotopic (exact) mass is 365 g/mol. The Morgan fingerprint density at radius 2 is 1.96 bits per heavy atom. The second-order valence-electron chi connectivity index (χ2n) is 6.63. The molecule has 0 aliphatic carbocycles. The Bertz CT molecular complexity index is 1000. The van der Waals surface area contributed by atoms with Gasteiger partial charge in [-0.3, -0.25) is 14.3 Å². The molecule has 0 unspecified atom stereocenters. The van der Waals surface area contributed by atoms with Gasteiger partial charge in [-0.15, -0.1) is 0 Å². The van der Waals surface area contributed by atoms with E-state index in [0.717, 1.165) is 18.5 Å². The number of hydrogen-bond donors (Lipinski definition) is 1. The van der Waals surface area contributed by atoms with Gasteiger partial charge in [0, 0.05) is 50.2 Å². The van der Waals surface area contributed by atoms with Crippen LogP contribution in [0.15, 0.2) is 59.7 Å². The van der Waals surface area contributed by atoms with Crippen molar-refractivity contribution in [3.8, 4) is 11.3 Å². The predicted octanol–water partition coefficient (Wildman–Crippen LogP) is 2.67. The topological polar surface area (TPSA) is 63.1 Å². The Morgan fingerprint density at radius 1 is 1.19 bits per heavy atom. The molecule has 0 amide bonds. The fraction of sp³-hybridized carbons (Fsp3) is 0.250. The van der Waals surface area contributed by atoms with Gasteiger partial charge in [0.05, 0.1) is 11.4 Å². The molecule has 1 aliphatic rings. The molecule has 4 rings (SSSR count). The van der Waals surface area contributed by atoms with E-state index in [1.54, 1.807) is 36.1 Å². The number of halogens is 1. The van der Waals surface area contributed by atoms with Crippen molar-refractivity contribution in [1.29, 1.82) is 0 Å². The number of benzene rings is 1. The molecule has 1 saturated heterocycles. The molecule has 138 valence electrons. The van der Waals surface area contributed by atoms with Gasteiger partial charge in [0.25, 0.3) is 5.56 Å². The van der Waals surface area contributed by atoms with Crippen LogP contribution in [0, 0.1) is 5.82 Å². The molecule has 1 atom stereocenters. The molecule has 7 heteroatoms. The molecular formula is C20H20FN5O. The summed E-state index contributed by atoms with van der Waals surface area (Å²) < 4.78 is 15.4. The van der Waals surface area contributed by atoms with Crippen molar-refractivity contribution in [3.63, 3.8) is 0 Å². The van der Waals surface area contributed by atoms with Crippen LogP contribution in [-0.2, 0) is 7.05 Å². The minimum absolute atomic E-state index is 0.0865. The highest BCUT2D eigenvalue weighted by molar-refractivity contribution is 5.59. The normalized spacial score (nSPS) is 16.5. The van der Waals surface area contributed by atoms with E-state index in [4.69, 9.17) is 4.98 Å². The lowest BCUT2D eigenvalue weighted by Gasteiger charge is -2.21. The van der Waals surface area contributed by atoms with Crippen LogP contribution in [0.1, 0.15) is 6.42 Å². The van der Waals surface area contributed by atoms with Gasteiger partial charge >= 0.3 is 0 Å². The first-order chi connectivity index (χ1) is 13.1. The van der Waals surface area contributed by atoms with Gasteiger partial charge in [0.2, 0.25) is 5.95 Å². The summed E-state index contributed by atoms with van der Waals surface area (Å²) in [7, 11) is 1.72. The fourth-order valence-corrected chi connectivity index (χ4v) is 3.34. The predicted molar refractivity (Wildman–Crippen MR) is 103 cm³/mol. The number of pyridine rings is 1. The highest BCUT2D eigenvalue weighted by Crippen LogP contribution is 2.23. The van der Waals surface area contributed by atoms with E-state index >= 15 is 0 Å². The molecule has 0 saturated carbocycles. The fourth-order valence-electron chi connectivity index (χ4n) is 3.34. The van der Waals surface area contributed by atoms with Crippen molar-refractivity contribution in [3.05, 3.63) is 71.0 Å². The largest absolute Gasteiger partial charge is 0.378 e. The zero-order chi connectivity index (χ0) is 18.8. The Kier molecular flexibility index (Phi) is 4.58. The summed E-state index contributed by atoms with van der Waals surface area (Å²) in [5.74, 6) is 0.355. The third-order valence-corrected chi connectivity index (χ3v) is 4.79. The third-order valence-electron chi connectivity index (χ3n) is 4.79. The van der Waals surface area contributed by atoms with Crippen molar-refractivity contribution in [2.75, 3.05) is 23.3 Å². The van der Waals surface area contributed by atoms with Crippen LogP contribution in [0.4, 0.5) is 16.0 Å². The van der Waals surface area contributed by atoms with Gasteiger partial charge in [-0.2, -0.15) is 0 Å². The van der Waals surface area contributed by atoms with Crippen LogP contribution in [-0.4, -0.2) is 33.7 Å². The minimum atomic E-state index is -0.263. The van der Waals surface area contributed by atoms with Gasteiger partial charge in [0.1, 0.15) is 5.82 Å². The first-order valence-corrected chi connectivity index (χ1v) is 8.86. The summed E-state index contributed by atoms with van der Waals surface area (Å²) in [6, 6.07) is 11.9. The Morgan fingerprint density at radius 3 is 2.74 bits per heavy atom. The molecule has 3 heterocycles. The van der Waals surface area contributed by atoms with Crippen LogP contribution in [0.2, 0.25) is 0 Å². The van der Waals surface area contributed by atoms with E-state index in [2.05, 4.69) is 15.2 Å².